The van der Waals surface area contributed by atoms with Crippen LogP contribution in [0, 0.1) is 5.92 Å². The summed E-state index contributed by atoms with van der Waals surface area (Å²) in [6.07, 6.45) is 5.73. The molecule has 2 atom stereocenters. The van der Waals surface area contributed by atoms with Gasteiger partial charge < -0.3 is 24.5 Å². The minimum atomic E-state index is -3.22. The molecule has 37 heavy (non-hydrogen) atoms. The van der Waals surface area contributed by atoms with Crippen molar-refractivity contribution >= 4 is 16.9 Å². The average molecular weight is 516 g/mol. The summed E-state index contributed by atoms with van der Waals surface area (Å²) < 4.78 is 39.8. The van der Waals surface area contributed by atoms with Crippen LogP contribution in [0.3, 0.4) is 0 Å². The van der Waals surface area contributed by atoms with E-state index in [1.165, 1.54) is 0 Å². The van der Waals surface area contributed by atoms with Crippen molar-refractivity contribution in [2.45, 2.75) is 50.5 Å². The van der Waals surface area contributed by atoms with Gasteiger partial charge >= 0.3 is 0 Å². The lowest BCUT2D eigenvalue weighted by Crippen LogP contribution is -2.49. The number of alkyl halides is 2. The number of aromatic nitrogens is 3. The smallest absolute Gasteiger partial charge is 0.283 e. The Morgan fingerprint density at radius 3 is 2.46 bits per heavy atom. The Bertz CT molecular complexity index is 1190. The first kappa shape index (κ1) is 26.0. The van der Waals surface area contributed by atoms with Crippen LogP contribution in [0.1, 0.15) is 42.6 Å². The predicted molar refractivity (Wildman–Crippen MR) is 137 cm³/mol. The number of methoxy groups -OCH3 is 2. The van der Waals surface area contributed by atoms with Gasteiger partial charge in [-0.25, -0.2) is 18.7 Å². The number of aliphatic hydroxyl groups excluding tert-OH is 1. The molecule has 0 radical (unpaired) electrons. The number of aromatic amines is 1. The number of fused-ring (bicyclic) bond motifs is 3. The largest absolute Gasteiger partial charge is 0.390 e. The van der Waals surface area contributed by atoms with Crippen LogP contribution in [0.25, 0.3) is 10.9 Å². The highest BCUT2D eigenvalue weighted by Gasteiger charge is 2.42. The number of hydrogen-bond donors (Lipinski definition) is 2. The van der Waals surface area contributed by atoms with E-state index in [4.69, 9.17) is 9.47 Å². The van der Waals surface area contributed by atoms with Crippen molar-refractivity contribution in [2.24, 2.45) is 5.92 Å². The molecule has 1 fully saturated rings. The van der Waals surface area contributed by atoms with Crippen LogP contribution in [-0.4, -0.2) is 83.7 Å². The molecule has 0 spiro atoms. The number of benzene rings is 1. The second kappa shape index (κ2) is 10.6. The topological polar surface area (TPSA) is 86.7 Å². The number of hydrogen-bond acceptors (Lipinski definition) is 7. The molecule has 200 valence electrons. The van der Waals surface area contributed by atoms with Gasteiger partial charge in [0.2, 0.25) is 5.95 Å². The van der Waals surface area contributed by atoms with Crippen LogP contribution < -0.4 is 4.90 Å². The normalized spacial score (nSPS) is 21.6. The molecule has 5 rings (SSSR count). The number of H-pyrrole nitrogens is 1. The van der Waals surface area contributed by atoms with Crippen molar-refractivity contribution in [2.75, 3.05) is 45.4 Å². The SMILES string of the molecule is COC(OC)C1CCN(c2ncc(C3c4[nH]c5ccccc5c4C[C@@H](C)N3CC(F)(F)CO)cn2)CC1. The van der Waals surface area contributed by atoms with Crippen LogP contribution in [-0.2, 0) is 15.9 Å². The summed E-state index contributed by atoms with van der Waals surface area (Å²) in [7, 11) is 3.32. The monoisotopic (exact) mass is 515 g/mol. The summed E-state index contributed by atoms with van der Waals surface area (Å²) >= 11 is 0. The molecule has 2 aliphatic heterocycles. The summed E-state index contributed by atoms with van der Waals surface area (Å²) in [5.41, 5.74) is 3.74. The molecule has 1 aromatic carbocycles. The average Bonchev–Trinajstić information content (AvgIpc) is 3.28. The van der Waals surface area contributed by atoms with Crippen molar-refractivity contribution in [3.05, 3.63) is 53.5 Å². The van der Waals surface area contributed by atoms with Crippen molar-refractivity contribution in [1.82, 2.24) is 19.9 Å². The number of aliphatic hydroxyl groups is 1. The maximum absolute atomic E-state index is 14.5. The summed E-state index contributed by atoms with van der Waals surface area (Å²) in [6.45, 7) is 1.78. The molecule has 1 unspecified atom stereocenters. The third-order valence-corrected chi connectivity index (χ3v) is 7.81. The third-order valence-electron chi connectivity index (χ3n) is 7.81. The second-order valence-corrected chi connectivity index (χ2v) is 10.2. The van der Waals surface area contributed by atoms with Gasteiger partial charge in [-0.2, -0.15) is 0 Å². The van der Waals surface area contributed by atoms with Gasteiger partial charge in [0.15, 0.2) is 6.29 Å². The van der Waals surface area contributed by atoms with E-state index in [1.54, 1.807) is 31.5 Å². The Kier molecular flexibility index (Phi) is 7.44. The molecule has 2 N–H and O–H groups in total. The van der Waals surface area contributed by atoms with Crippen molar-refractivity contribution in [3.63, 3.8) is 0 Å². The third kappa shape index (κ3) is 5.07. The van der Waals surface area contributed by atoms with Crippen molar-refractivity contribution < 1.29 is 23.4 Å². The molecular weight excluding hydrogens is 480 g/mol. The standard InChI is InChI=1S/C27H35F2N5O3/c1-17-12-21-20-6-4-5-7-22(20)32-23(21)24(34(17)15-27(28,29)16-35)19-13-30-26(31-14-19)33-10-8-18(9-11-33)25(36-2)37-3/h4-7,13-14,17-18,24-25,32,35H,8-12,15-16H2,1-3H3/t17-,24?/m1/s1. The number of nitrogens with one attached hydrogen (secondary N) is 1. The van der Waals surface area contributed by atoms with E-state index in [0.717, 1.165) is 53.7 Å². The van der Waals surface area contributed by atoms with Crippen molar-refractivity contribution in [1.29, 1.82) is 0 Å². The van der Waals surface area contributed by atoms with Crippen molar-refractivity contribution in [3.8, 4) is 0 Å². The van der Waals surface area contributed by atoms with E-state index in [1.807, 2.05) is 25.1 Å². The molecule has 0 bridgehead atoms. The van der Waals surface area contributed by atoms with E-state index in [0.29, 0.717) is 18.3 Å². The summed E-state index contributed by atoms with van der Waals surface area (Å²) in [4.78, 5) is 16.7. The molecule has 1 saturated heterocycles. The minimum absolute atomic E-state index is 0.164. The highest BCUT2D eigenvalue weighted by molar-refractivity contribution is 5.85. The Hall–Kier alpha value is -2.66. The molecule has 0 saturated carbocycles. The van der Waals surface area contributed by atoms with E-state index < -0.39 is 25.1 Å². The highest BCUT2D eigenvalue weighted by atomic mass is 19.3. The van der Waals surface area contributed by atoms with Crippen LogP contribution in [0.4, 0.5) is 14.7 Å². The lowest BCUT2D eigenvalue weighted by molar-refractivity contribution is -0.141. The van der Waals surface area contributed by atoms with Gasteiger partial charge in [0.05, 0.1) is 12.6 Å². The van der Waals surface area contributed by atoms with Crippen LogP contribution in [0.2, 0.25) is 0 Å². The molecule has 10 heteroatoms. The molecule has 0 amide bonds. The lowest BCUT2D eigenvalue weighted by Gasteiger charge is -2.42. The Morgan fingerprint density at radius 1 is 1.14 bits per heavy atom. The fourth-order valence-corrected chi connectivity index (χ4v) is 5.92. The van der Waals surface area contributed by atoms with Crippen LogP contribution in [0.5, 0.6) is 0 Å². The Balaban J connectivity index is 1.44. The van der Waals surface area contributed by atoms with Gasteiger partial charge in [-0.15, -0.1) is 0 Å². The van der Waals surface area contributed by atoms with E-state index in [9.17, 15) is 13.9 Å². The Labute approximate surface area is 215 Å². The second-order valence-electron chi connectivity index (χ2n) is 10.2. The quantitative estimate of drug-likeness (QED) is 0.442. The van der Waals surface area contributed by atoms with E-state index in [-0.39, 0.29) is 12.3 Å². The highest BCUT2D eigenvalue weighted by Crippen LogP contribution is 2.41. The van der Waals surface area contributed by atoms with Crippen LogP contribution >= 0.6 is 0 Å². The zero-order valence-corrected chi connectivity index (χ0v) is 21.5. The fraction of sp³-hybridized carbons (Fsp3) is 0.556. The molecule has 8 nitrogen and oxygen atoms in total. The lowest BCUT2D eigenvalue weighted by atomic mass is 9.89. The first-order chi connectivity index (χ1) is 17.8. The van der Waals surface area contributed by atoms with Gasteiger partial charge in [-0.05, 0) is 37.8 Å². The zero-order chi connectivity index (χ0) is 26.2. The number of nitrogens with zero attached hydrogens (tertiary/aromatic N) is 4. The maximum atomic E-state index is 14.5. The fourth-order valence-electron chi connectivity index (χ4n) is 5.92. The number of piperidine rings is 1. The number of ether oxygens (including phenoxy) is 2. The van der Waals surface area contributed by atoms with Gasteiger partial charge in [-0.3, -0.25) is 4.90 Å². The maximum Gasteiger partial charge on any atom is 0.283 e. The molecular formula is C27H35F2N5O3. The molecule has 4 heterocycles. The predicted octanol–water partition coefficient (Wildman–Crippen LogP) is 3.76. The molecule has 3 aromatic rings. The number of halogens is 2. The molecule has 0 aliphatic carbocycles. The van der Waals surface area contributed by atoms with Gasteiger partial charge in [0.25, 0.3) is 5.92 Å². The molecule has 2 aliphatic rings. The summed E-state index contributed by atoms with van der Waals surface area (Å²) in [5.74, 6) is -2.28. The number of rotatable bonds is 8. The number of para-hydroxylation sites is 1. The zero-order valence-electron chi connectivity index (χ0n) is 21.5. The van der Waals surface area contributed by atoms with Crippen LogP contribution in [0.15, 0.2) is 36.7 Å². The first-order valence-corrected chi connectivity index (χ1v) is 12.8. The summed E-state index contributed by atoms with van der Waals surface area (Å²) in [6, 6.07) is 7.37. The van der Waals surface area contributed by atoms with E-state index in [2.05, 4.69) is 25.9 Å². The summed E-state index contributed by atoms with van der Waals surface area (Å²) in [5, 5.41) is 10.4. The van der Waals surface area contributed by atoms with Gasteiger partial charge in [0, 0.05) is 73.8 Å². The molecule has 2 aromatic heterocycles. The first-order valence-electron chi connectivity index (χ1n) is 12.8. The van der Waals surface area contributed by atoms with E-state index >= 15 is 0 Å². The van der Waals surface area contributed by atoms with Gasteiger partial charge in [-0.1, -0.05) is 18.2 Å². The number of anilines is 1. The minimum Gasteiger partial charge on any atom is -0.390 e. The van der Waals surface area contributed by atoms with Gasteiger partial charge in [0.1, 0.15) is 6.61 Å². The Morgan fingerprint density at radius 2 is 1.81 bits per heavy atom.